The van der Waals surface area contributed by atoms with Gasteiger partial charge in [0.2, 0.25) is 11.7 Å². The third kappa shape index (κ3) is 6.60. The van der Waals surface area contributed by atoms with Crippen LogP contribution >= 0.6 is 0 Å². The van der Waals surface area contributed by atoms with Crippen molar-refractivity contribution in [2.24, 2.45) is 45.8 Å². The van der Waals surface area contributed by atoms with Crippen LogP contribution < -0.4 is 0 Å². The molecule has 6 nitrogen and oxygen atoms in total. The van der Waals surface area contributed by atoms with Crippen LogP contribution in [-0.4, -0.2) is 46.5 Å². The van der Waals surface area contributed by atoms with E-state index in [9.17, 15) is 24.0 Å². The van der Waals surface area contributed by atoms with Crippen molar-refractivity contribution in [3.63, 3.8) is 0 Å². The number of amides is 1. The van der Waals surface area contributed by atoms with Gasteiger partial charge in [-0.15, -0.1) is 0 Å². The highest BCUT2D eigenvalue weighted by atomic mass is 16.2. The smallest absolute Gasteiger partial charge is 0.227 e. The number of piperidine rings is 1. The van der Waals surface area contributed by atoms with E-state index in [1.165, 1.54) is 6.92 Å². The monoisotopic (exact) mass is 515 g/mol. The summed E-state index contributed by atoms with van der Waals surface area (Å²) in [5.41, 5.74) is -0.624. The molecule has 0 radical (unpaired) electrons. The van der Waals surface area contributed by atoms with Crippen LogP contribution in [0.15, 0.2) is 0 Å². The van der Waals surface area contributed by atoms with Gasteiger partial charge in [-0.2, -0.15) is 0 Å². The quantitative estimate of drug-likeness (QED) is 0.341. The van der Waals surface area contributed by atoms with E-state index >= 15 is 0 Å². The van der Waals surface area contributed by atoms with E-state index < -0.39 is 34.9 Å². The molecule has 0 aromatic rings. The van der Waals surface area contributed by atoms with Crippen LogP contribution in [-0.2, 0) is 24.0 Å². The number of ketones is 4. The summed E-state index contributed by atoms with van der Waals surface area (Å²) in [7, 11) is 0. The lowest BCUT2D eigenvalue weighted by Crippen LogP contribution is -2.51. The van der Waals surface area contributed by atoms with Crippen LogP contribution in [0, 0.1) is 45.8 Å². The van der Waals surface area contributed by atoms with Gasteiger partial charge < -0.3 is 4.90 Å². The molecule has 208 valence electrons. The Hall–Kier alpha value is -1.85. The lowest BCUT2D eigenvalue weighted by molar-refractivity contribution is -0.148. The Morgan fingerprint density at radius 1 is 0.946 bits per heavy atom. The number of hydrogen-bond donors (Lipinski definition) is 0. The van der Waals surface area contributed by atoms with E-state index in [0.29, 0.717) is 25.3 Å². The second-order valence-electron chi connectivity index (χ2n) is 15.1. The number of carbonyl (C=O) groups is 5. The summed E-state index contributed by atoms with van der Waals surface area (Å²) in [5, 5.41) is 0. The third-order valence-corrected chi connectivity index (χ3v) is 9.33. The highest BCUT2D eigenvalue weighted by molar-refractivity contribution is 6.37. The van der Waals surface area contributed by atoms with Crippen molar-refractivity contribution in [2.45, 2.75) is 113 Å². The summed E-state index contributed by atoms with van der Waals surface area (Å²) < 4.78 is 0. The van der Waals surface area contributed by atoms with E-state index in [-0.39, 0.29) is 53.0 Å². The van der Waals surface area contributed by atoms with Crippen molar-refractivity contribution in [3.8, 4) is 0 Å². The second-order valence-corrected chi connectivity index (χ2v) is 15.1. The summed E-state index contributed by atoms with van der Waals surface area (Å²) in [6.07, 6.45) is 4.38. The first-order chi connectivity index (χ1) is 16.8. The number of carbonyl (C=O) groups excluding carboxylic acids is 5. The molecular weight excluding hydrogens is 466 g/mol. The number of likely N-dealkylation sites (tertiary alicyclic amines) is 1. The SMILES string of the molecule is CC(=O)C(=O)[C@@H](CC(=O)[C@@H]1C2C(CN1C(=O)[C@@H](CC(=O)CC(C)(C)C)C(C)(C)C)C2(C)C)CC1CCC1. The van der Waals surface area contributed by atoms with Gasteiger partial charge in [-0.3, -0.25) is 24.0 Å². The van der Waals surface area contributed by atoms with Gasteiger partial charge in [-0.1, -0.05) is 74.7 Å². The van der Waals surface area contributed by atoms with Crippen molar-refractivity contribution >= 4 is 29.0 Å². The molecule has 2 saturated carbocycles. The predicted octanol–water partition coefficient (Wildman–Crippen LogP) is 5.45. The minimum absolute atomic E-state index is 0.0196. The molecule has 0 bridgehead atoms. The Bertz CT molecular complexity index is 946. The first-order valence-corrected chi connectivity index (χ1v) is 14.2. The third-order valence-electron chi connectivity index (χ3n) is 9.33. The Morgan fingerprint density at radius 2 is 1.54 bits per heavy atom. The maximum absolute atomic E-state index is 14.0. The first-order valence-electron chi connectivity index (χ1n) is 14.2. The van der Waals surface area contributed by atoms with Crippen LogP contribution in [0.5, 0.6) is 0 Å². The normalized spacial score (nSPS) is 26.6. The molecule has 2 aliphatic carbocycles. The Balaban J connectivity index is 1.83. The van der Waals surface area contributed by atoms with Gasteiger partial charge in [0.25, 0.3) is 0 Å². The minimum atomic E-state index is -0.597. The molecule has 2 unspecified atom stereocenters. The van der Waals surface area contributed by atoms with E-state index in [2.05, 4.69) is 13.8 Å². The number of nitrogens with zero attached hydrogens (tertiary/aromatic N) is 1. The van der Waals surface area contributed by atoms with Crippen molar-refractivity contribution in [1.29, 1.82) is 0 Å². The Kier molecular flexibility index (Phi) is 8.33. The summed E-state index contributed by atoms with van der Waals surface area (Å²) in [6.45, 7) is 18.1. The fourth-order valence-corrected chi connectivity index (χ4v) is 6.80. The summed E-state index contributed by atoms with van der Waals surface area (Å²) in [4.78, 5) is 67.3. The molecule has 3 rings (SSSR count). The number of rotatable bonds is 11. The van der Waals surface area contributed by atoms with Gasteiger partial charge >= 0.3 is 0 Å². The molecule has 1 saturated heterocycles. The van der Waals surface area contributed by atoms with E-state index in [0.717, 1.165) is 19.3 Å². The molecule has 0 aromatic heterocycles. The topological polar surface area (TPSA) is 88.6 Å². The van der Waals surface area contributed by atoms with Gasteiger partial charge in [-0.25, -0.2) is 0 Å². The lowest BCUT2D eigenvalue weighted by Gasteiger charge is -2.38. The highest BCUT2D eigenvalue weighted by Crippen LogP contribution is 2.65. The fourth-order valence-electron chi connectivity index (χ4n) is 6.80. The molecule has 5 atom stereocenters. The molecule has 0 aromatic carbocycles. The first kappa shape index (κ1) is 29.7. The zero-order valence-electron chi connectivity index (χ0n) is 24.6. The Morgan fingerprint density at radius 3 is 2.00 bits per heavy atom. The molecule has 0 spiro atoms. The summed E-state index contributed by atoms with van der Waals surface area (Å²) in [6, 6.07) is -0.585. The number of Topliss-reactive ketones (excluding diaryl/α,β-unsaturated/α-hetero) is 4. The van der Waals surface area contributed by atoms with E-state index in [1.807, 2.05) is 41.5 Å². The average Bonchev–Trinajstić information content (AvgIpc) is 3.06. The number of hydrogen-bond acceptors (Lipinski definition) is 5. The summed E-state index contributed by atoms with van der Waals surface area (Å²) >= 11 is 0. The van der Waals surface area contributed by atoms with Crippen LogP contribution in [0.2, 0.25) is 0 Å². The molecule has 3 aliphatic rings. The van der Waals surface area contributed by atoms with Gasteiger partial charge in [0.15, 0.2) is 11.6 Å². The molecule has 37 heavy (non-hydrogen) atoms. The van der Waals surface area contributed by atoms with E-state index in [4.69, 9.17) is 0 Å². The largest absolute Gasteiger partial charge is 0.332 e. The van der Waals surface area contributed by atoms with Gasteiger partial charge in [0.1, 0.15) is 5.78 Å². The molecule has 1 amide bonds. The fraction of sp³-hybridized carbons (Fsp3) is 0.839. The number of fused-ring (bicyclic) bond motifs is 1. The van der Waals surface area contributed by atoms with E-state index in [1.54, 1.807) is 4.90 Å². The van der Waals surface area contributed by atoms with Gasteiger partial charge in [0.05, 0.1) is 6.04 Å². The van der Waals surface area contributed by atoms with Gasteiger partial charge in [-0.05, 0) is 40.4 Å². The van der Waals surface area contributed by atoms with Crippen LogP contribution in [0.25, 0.3) is 0 Å². The van der Waals surface area contributed by atoms with Crippen molar-refractivity contribution in [3.05, 3.63) is 0 Å². The molecule has 1 aliphatic heterocycles. The molecular formula is C31H49NO5. The van der Waals surface area contributed by atoms with Gasteiger partial charge in [0, 0.05) is 44.6 Å². The zero-order chi connectivity index (χ0) is 28.1. The molecule has 3 fully saturated rings. The molecule has 6 heteroatoms. The predicted molar refractivity (Wildman–Crippen MR) is 144 cm³/mol. The zero-order valence-corrected chi connectivity index (χ0v) is 24.6. The maximum Gasteiger partial charge on any atom is 0.227 e. The van der Waals surface area contributed by atoms with Crippen LogP contribution in [0.4, 0.5) is 0 Å². The highest BCUT2D eigenvalue weighted by Gasteiger charge is 2.69. The lowest BCUT2D eigenvalue weighted by atomic mass is 9.74. The minimum Gasteiger partial charge on any atom is -0.332 e. The molecule has 0 N–H and O–H groups in total. The van der Waals surface area contributed by atoms with Crippen molar-refractivity contribution in [2.75, 3.05) is 6.54 Å². The standard InChI is InChI=1S/C31H49NO5/c1-18(33)27(36)20(13-19-11-10-12-19)14-24(35)26-25-23(31(25,8)9)17-32(26)28(37)22(30(5,6)7)15-21(34)16-29(2,3)4/h19-20,22-23,25-26H,10-17H2,1-9H3/t20-,22-,23?,25?,26-/m1/s1. The van der Waals surface area contributed by atoms with Crippen molar-refractivity contribution in [1.82, 2.24) is 4.90 Å². The molecule has 1 heterocycles. The van der Waals surface area contributed by atoms with Crippen LogP contribution in [0.1, 0.15) is 107 Å². The summed E-state index contributed by atoms with van der Waals surface area (Å²) in [5.74, 6) is -1.51. The van der Waals surface area contributed by atoms with Crippen LogP contribution in [0.3, 0.4) is 0 Å². The average molecular weight is 516 g/mol. The van der Waals surface area contributed by atoms with Crippen molar-refractivity contribution < 1.29 is 24.0 Å². The Labute approximate surface area is 223 Å². The maximum atomic E-state index is 14.0. The second kappa shape index (κ2) is 10.4.